The van der Waals surface area contributed by atoms with Gasteiger partial charge in [-0.1, -0.05) is 0 Å². The smallest absolute Gasteiger partial charge is 0.366 e. The molecule has 1 N–H and O–H groups in total. The van der Waals surface area contributed by atoms with E-state index in [9.17, 15) is 24.5 Å². The van der Waals surface area contributed by atoms with E-state index in [1.807, 2.05) is 0 Å². The second-order valence-electron chi connectivity index (χ2n) is 5.69. The average molecular weight is 421 g/mol. The molecule has 1 aliphatic rings. The molecule has 3 heterocycles. The van der Waals surface area contributed by atoms with Gasteiger partial charge in [0.15, 0.2) is 17.5 Å². The summed E-state index contributed by atoms with van der Waals surface area (Å²) in [5, 5.41) is 15.3. The predicted molar refractivity (Wildman–Crippen MR) is 99.8 cm³/mol. The number of hydrogen-bond acceptors (Lipinski definition) is 10. The first-order chi connectivity index (χ1) is 13.9. The van der Waals surface area contributed by atoms with Gasteiger partial charge in [-0.2, -0.15) is 0 Å². The molecule has 0 aromatic carbocycles. The van der Waals surface area contributed by atoms with E-state index >= 15 is 0 Å². The summed E-state index contributed by atoms with van der Waals surface area (Å²) >= 11 is 1.11. The average Bonchev–Trinajstić information content (AvgIpc) is 3.10. The van der Waals surface area contributed by atoms with Crippen molar-refractivity contribution in [2.45, 2.75) is 13.3 Å². The Balaban J connectivity index is 1.69. The molecular formula is C16H15N5O7S. The molecule has 2 aromatic heterocycles. The van der Waals surface area contributed by atoms with Crippen molar-refractivity contribution in [3.8, 4) is 5.75 Å². The summed E-state index contributed by atoms with van der Waals surface area (Å²) in [6.07, 6.45) is -0.0247. The Morgan fingerprint density at radius 1 is 1.41 bits per heavy atom. The fourth-order valence-electron chi connectivity index (χ4n) is 2.44. The lowest BCUT2D eigenvalue weighted by atomic mass is 10.3. The SMILES string of the molecule is CCOC(=O)Cc1csc(NC(=O)CN2C(=O)COc3ccc([N+](=O)[O-])nc32)n1. The summed E-state index contributed by atoms with van der Waals surface area (Å²) < 4.78 is 10.0. The van der Waals surface area contributed by atoms with Crippen LogP contribution in [0.25, 0.3) is 0 Å². The zero-order chi connectivity index (χ0) is 21.0. The molecule has 3 rings (SSSR count). The highest BCUT2D eigenvalue weighted by Crippen LogP contribution is 2.31. The van der Waals surface area contributed by atoms with Crippen molar-refractivity contribution in [3.63, 3.8) is 0 Å². The van der Waals surface area contributed by atoms with Gasteiger partial charge >= 0.3 is 11.8 Å². The van der Waals surface area contributed by atoms with Gasteiger partial charge < -0.3 is 24.9 Å². The number of nitrogens with zero attached hydrogens (tertiary/aromatic N) is 4. The number of anilines is 2. The van der Waals surface area contributed by atoms with Gasteiger partial charge in [-0.05, 0) is 22.9 Å². The molecule has 0 saturated carbocycles. The number of carbonyl (C=O) groups excluding carboxylic acids is 3. The number of nitrogens with one attached hydrogen (secondary N) is 1. The lowest BCUT2D eigenvalue weighted by Crippen LogP contribution is -2.44. The van der Waals surface area contributed by atoms with Gasteiger partial charge in [-0.25, -0.2) is 4.98 Å². The van der Waals surface area contributed by atoms with E-state index in [0.29, 0.717) is 5.69 Å². The number of rotatable bonds is 7. The van der Waals surface area contributed by atoms with Crippen LogP contribution >= 0.6 is 11.3 Å². The zero-order valence-electron chi connectivity index (χ0n) is 15.1. The molecule has 13 heteroatoms. The van der Waals surface area contributed by atoms with Crippen LogP contribution in [0.15, 0.2) is 17.5 Å². The van der Waals surface area contributed by atoms with Crippen LogP contribution in [0.2, 0.25) is 0 Å². The van der Waals surface area contributed by atoms with E-state index in [2.05, 4.69) is 15.3 Å². The molecule has 2 aromatic rings. The highest BCUT2D eigenvalue weighted by molar-refractivity contribution is 7.13. The summed E-state index contributed by atoms with van der Waals surface area (Å²) in [7, 11) is 0. The second-order valence-corrected chi connectivity index (χ2v) is 6.55. The highest BCUT2D eigenvalue weighted by atomic mass is 32.1. The fraction of sp³-hybridized carbons (Fsp3) is 0.312. The maximum Gasteiger partial charge on any atom is 0.366 e. The van der Waals surface area contributed by atoms with E-state index in [4.69, 9.17) is 9.47 Å². The fourth-order valence-corrected chi connectivity index (χ4v) is 3.17. The number of thiazole rings is 1. The summed E-state index contributed by atoms with van der Waals surface area (Å²) in [6.45, 7) is 1.20. The minimum Gasteiger partial charge on any atom is -0.477 e. The number of fused-ring (bicyclic) bond motifs is 1. The number of ether oxygens (including phenoxy) is 2. The molecule has 0 aliphatic carbocycles. The number of carbonyl (C=O) groups is 3. The number of aromatic nitrogens is 2. The van der Waals surface area contributed by atoms with E-state index in [-0.39, 0.29) is 36.3 Å². The lowest BCUT2D eigenvalue weighted by molar-refractivity contribution is -0.389. The molecule has 0 unspecified atom stereocenters. The van der Waals surface area contributed by atoms with Crippen LogP contribution in [0.5, 0.6) is 5.75 Å². The van der Waals surface area contributed by atoms with E-state index in [0.717, 1.165) is 22.3 Å². The minimum absolute atomic E-state index is 0.0247. The standard InChI is InChI=1S/C16H15N5O7S/c1-2-27-14(24)5-9-8-29-16(17-9)19-12(22)6-20-13(23)7-28-10-3-4-11(21(25)26)18-15(10)20/h3-4,8H,2,5-7H2,1H3,(H,17,19,22). The predicted octanol–water partition coefficient (Wildman–Crippen LogP) is 0.916. The van der Waals surface area contributed by atoms with Gasteiger partial charge in [-0.3, -0.25) is 19.3 Å². The van der Waals surface area contributed by atoms with Crippen molar-refractivity contribution in [3.05, 3.63) is 33.3 Å². The van der Waals surface area contributed by atoms with E-state index in [1.165, 1.54) is 6.07 Å². The number of esters is 1. The Kier molecular flexibility index (Phi) is 5.97. The third-order valence-electron chi connectivity index (χ3n) is 3.65. The van der Waals surface area contributed by atoms with Gasteiger partial charge in [0.25, 0.3) is 11.7 Å². The largest absolute Gasteiger partial charge is 0.477 e. The maximum atomic E-state index is 12.4. The molecule has 152 valence electrons. The summed E-state index contributed by atoms with van der Waals surface area (Å²) in [6, 6.07) is 2.47. The maximum absolute atomic E-state index is 12.4. The van der Waals surface area contributed by atoms with Crippen molar-refractivity contribution < 1.29 is 28.8 Å². The minimum atomic E-state index is -0.710. The van der Waals surface area contributed by atoms with E-state index in [1.54, 1.807) is 12.3 Å². The van der Waals surface area contributed by atoms with Gasteiger partial charge in [0.2, 0.25) is 5.91 Å². The molecule has 0 fully saturated rings. The highest BCUT2D eigenvalue weighted by Gasteiger charge is 2.33. The van der Waals surface area contributed by atoms with Gasteiger partial charge in [-0.15, -0.1) is 11.3 Å². The topological polar surface area (TPSA) is 154 Å². The van der Waals surface area contributed by atoms with Crippen molar-refractivity contribution in [1.82, 2.24) is 9.97 Å². The van der Waals surface area contributed by atoms with Crippen LogP contribution in [-0.2, 0) is 25.5 Å². The van der Waals surface area contributed by atoms with Crippen LogP contribution in [-0.4, -0.2) is 52.4 Å². The Labute approximate surface area is 167 Å². The third kappa shape index (κ3) is 4.82. The van der Waals surface area contributed by atoms with Crippen molar-refractivity contribution in [2.24, 2.45) is 0 Å². The molecular weight excluding hydrogens is 406 g/mol. The first kappa shape index (κ1) is 20.1. The zero-order valence-corrected chi connectivity index (χ0v) is 15.9. The molecule has 0 saturated heterocycles. The van der Waals surface area contributed by atoms with Gasteiger partial charge in [0, 0.05) is 11.4 Å². The number of amides is 2. The lowest BCUT2D eigenvalue weighted by Gasteiger charge is -2.24. The normalized spacial score (nSPS) is 12.7. The van der Waals surface area contributed by atoms with Crippen molar-refractivity contribution in [1.29, 1.82) is 0 Å². The Bertz CT molecular complexity index is 976. The number of nitro groups is 1. The molecule has 2 amide bonds. The third-order valence-corrected chi connectivity index (χ3v) is 4.46. The Hall–Kier alpha value is -3.61. The Morgan fingerprint density at radius 2 is 2.21 bits per heavy atom. The molecule has 29 heavy (non-hydrogen) atoms. The summed E-state index contributed by atoms with van der Waals surface area (Å²) in [5.41, 5.74) is 0.439. The molecule has 0 radical (unpaired) electrons. The van der Waals surface area contributed by atoms with Crippen LogP contribution in [0, 0.1) is 10.1 Å². The van der Waals surface area contributed by atoms with Crippen LogP contribution in [0.4, 0.5) is 16.8 Å². The van der Waals surface area contributed by atoms with E-state index < -0.39 is 35.1 Å². The monoisotopic (exact) mass is 421 g/mol. The molecule has 0 spiro atoms. The van der Waals surface area contributed by atoms with Crippen molar-refractivity contribution >= 4 is 45.9 Å². The van der Waals surface area contributed by atoms with Gasteiger partial charge in [0.05, 0.1) is 18.7 Å². The van der Waals surface area contributed by atoms with Crippen LogP contribution in [0.1, 0.15) is 12.6 Å². The van der Waals surface area contributed by atoms with Crippen LogP contribution in [0.3, 0.4) is 0 Å². The summed E-state index contributed by atoms with van der Waals surface area (Å²) in [4.78, 5) is 55.1. The van der Waals surface area contributed by atoms with Crippen molar-refractivity contribution in [2.75, 3.05) is 30.0 Å². The summed E-state index contributed by atoms with van der Waals surface area (Å²) in [5.74, 6) is -2.00. The number of hydrogen-bond donors (Lipinski definition) is 1. The molecule has 1 aliphatic heterocycles. The first-order valence-corrected chi connectivity index (χ1v) is 9.23. The Morgan fingerprint density at radius 3 is 2.93 bits per heavy atom. The molecule has 12 nitrogen and oxygen atoms in total. The quantitative estimate of drug-likeness (QED) is 0.390. The molecule has 0 atom stereocenters. The van der Waals surface area contributed by atoms with Gasteiger partial charge in [0.1, 0.15) is 6.54 Å². The first-order valence-electron chi connectivity index (χ1n) is 8.36. The van der Waals surface area contributed by atoms with Crippen LogP contribution < -0.4 is 15.0 Å². The second kappa shape index (κ2) is 8.60. The number of pyridine rings is 1. The molecule has 0 bridgehead atoms.